The lowest BCUT2D eigenvalue weighted by Crippen LogP contribution is -2.32. The number of benzene rings is 1. The van der Waals surface area contributed by atoms with Crippen molar-refractivity contribution in [1.82, 2.24) is 13.9 Å². The Morgan fingerprint density at radius 2 is 1.96 bits per heavy atom. The summed E-state index contributed by atoms with van der Waals surface area (Å²) in [5, 5.41) is 0.825. The smallest absolute Gasteiger partial charge is 0.269 e. The first-order valence-electron chi connectivity index (χ1n) is 9.45. The second kappa shape index (κ2) is 6.53. The highest BCUT2D eigenvalue weighted by atomic mass is 32.2. The first-order chi connectivity index (χ1) is 13.5. The number of hydrogen-bond donors (Lipinski definition) is 0. The maximum Gasteiger partial charge on any atom is 0.269 e. The molecule has 4 heterocycles. The van der Waals surface area contributed by atoms with E-state index in [1.807, 2.05) is 12.1 Å². The van der Waals surface area contributed by atoms with Crippen molar-refractivity contribution in [2.24, 2.45) is 0 Å². The fourth-order valence-corrected chi connectivity index (χ4v) is 5.67. The maximum absolute atomic E-state index is 13.3. The second-order valence-corrected chi connectivity index (χ2v) is 9.21. The Hall–Kier alpha value is -2.51. The van der Waals surface area contributed by atoms with Crippen molar-refractivity contribution >= 4 is 26.6 Å². The molecule has 1 fully saturated rings. The third kappa shape index (κ3) is 2.77. The van der Waals surface area contributed by atoms with Gasteiger partial charge in [0.1, 0.15) is 5.82 Å². The molecule has 1 saturated heterocycles. The van der Waals surface area contributed by atoms with Crippen LogP contribution in [0.1, 0.15) is 24.8 Å². The molecule has 1 aromatic carbocycles. The summed E-state index contributed by atoms with van der Waals surface area (Å²) in [5.41, 5.74) is 2.49. The van der Waals surface area contributed by atoms with Crippen molar-refractivity contribution in [3.05, 3.63) is 66.2 Å². The van der Waals surface area contributed by atoms with Gasteiger partial charge in [-0.15, -0.1) is 0 Å². The summed E-state index contributed by atoms with van der Waals surface area (Å²) < 4.78 is 40.9. The van der Waals surface area contributed by atoms with Gasteiger partial charge in [-0.05, 0) is 67.8 Å². The molecule has 0 aliphatic carbocycles. The minimum atomic E-state index is -3.87. The Morgan fingerprint density at radius 1 is 1.14 bits per heavy atom. The molecule has 7 heteroatoms. The quantitative estimate of drug-likeness (QED) is 0.677. The Morgan fingerprint density at radius 3 is 2.79 bits per heavy atom. The number of halogens is 1. The number of aromatic nitrogens is 2. The van der Waals surface area contributed by atoms with Gasteiger partial charge in [0.25, 0.3) is 10.0 Å². The summed E-state index contributed by atoms with van der Waals surface area (Å²) in [6.07, 6.45) is 8.79. The van der Waals surface area contributed by atoms with E-state index in [4.69, 9.17) is 0 Å². The largest absolute Gasteiger partial charge is 0.296 e. The summed E-state index contributed by atoms with van der Waals surface area (Å²) in [6.45, 7) is 2.04. The van der Waals surface area contributed by atoms with E-state index < -0.39 is 15.8 Å². The predicted molar refractivity (Wildman–Crippen MR) is 106 cm³/mol. The molecular formula is C21H20FN3O2S. The topological polar surface area (TPSA) is 55.2 Å². The Balaban J connectivity index is 1.64. The van der Waals surface area contributed by atoms with Gasteiger partial charge in [0.05, 0.1) is 4.90 Å². The van der Waals surface area contributed by atoms with Gasteiger partial charge in [-0.3, -0.25) is 4.90 Å². The first-order valence-corrected chi connectivity index (χ1v) is 10.9. The van der Waals surface area contributed by atoms with Gasteiger partial charge >= 0.3 is 0 Å². The molecule has 0 N–H and O–H groups in total. The van der Waals surface area contributed by atoms with Crippen molar-refractivity contribution in [1.29, 1.82) is 0 Å². The highest BCUT2D eigenvalue weighted by molar-refractivity contribution is 7.90. The van der Waals surface area contributed by atoms with Crippen LogP contribution in [0, 0.1) is 5.82 Å². The van der Waals surface area contributed by atoms with E-state index in [0.29, 0.717) is 11.7 Å². The van der Waals surface area contributed by atoms with Crippen LogP contribution in [0.3, 0.4) is 0 Å². The molecule has 2 aromatic heterocycles. The van der Waals surface area contributed by atoms with E-state index in [1.165, 1.54) is 34.5 Å². The van der Waals surface area contributed by atoms with Crippen LogP contribution in [0.25, 0.3) is 16.6 Å². The number of nitrogens with zero attached hydrogens (tertiary/aromatic N) is 3. The molecule has 1 unspecified atom stereocenters. The van der Waals surface area contributed by atoms with Crippen LogP contribution in [-0.2, 0) is 10.0 Å². The number of hydrogen-bond acceptors (Lipinski definition) is 4. The van der Waals surface area contributed by atoms with Crippen molar-refractivity contribution < 1.29 is 12.8 Å². The highest BCUT2D eigenvalue weighted by Crippen LogP contribution is 2.36. The van der Waals surface area contributed by atoms with E-state index in [1.54, 1.807) is 12.4 Å². The minimum absolute atomic E-state index is 0.0441. The fraction of sp³-hybridized carbons (Fsp3) is 0.286. The van der Waals surface area contributed by atoms with E-state index in [2.05, 4.69) is 16.0 Å². The third-order valence-electron chi connectivity index (χ3n) is 5.78. The zero-order valence-corrected chi connectivity index (χ0v) is 16.1. The summed E-state index contributed by atoms with van der Waals surface area (Å²) in [4.78, 5) is 6.87. The molecule has 144 valence electrons. The van der Waals surface area contributed by atoms with Crippen LogP contribution in [0.5, 0.6) is 0 Å². The zero-order valence-electron chi connectivity index (χ0n) is 15.3. The molecule has 0 radical (unpaired) electrons. The normalized spacial score (nSPS) is 20.3. The lowest BCUT2D eigenvalue weighted by atomic mass is 9.94. The van der Waals surface area contributed by atoms with Crippen molar-refractivity contribution in [3.63, 3.8) is 0 Å². The molecule has 1 atom stereocenters. The van der Waals surface area contributed by atoms with E-state index in [0.717, 1.165) is 42.6 Å². The minimum Gasteiger partial charge on any atom is -0.296 e. The molecule has 5 nitrogen and oxygen atoms in total. The Bertz CT molecular complexity index is 1180. The van der Waals surface area contributed by atoms with Crippen LogP contribution in [0.15, 0.2) is 59.8 Å². The van der Waals surface area contributed by atoms with E-state index in [-0.39, 0.29) is 4.90 Å². The van der Waals surface area contributed by atoms with Gasteiger partial charge in [-0.25, -0.2) is 21.8 Å². The molecule has 2 aliphatic heterocycles. The summed E-state index contributed by atoms with van der Waals surface area (Å²) in [5.74, 6) is -0.469. The Labute approximate surface area is 163 Å². The van der Waals surface area contributed by atoms with Crippen LogP contribution in [0.2, 0.25) is 0 Å². The first kappa shape index (κ1) is 17.6. The van der Waals surface area contributed by atoms with Crippen LogP contribution in [-0.4, -0.2) is 41.4 Å². The molecule has 0 saturated carbocycles. The SMILES string of the molecule is O=S(=O)(c1ccc(F)cc1)n1cc(C2=CCN3CCCC3C2)c2cccnc21. The average Bonchev–Trinajstić information content (AvgIpc) is 3.32. The molecular weight excluding hydrogens is 377 g/mol. The van der Waals surface area contributed by atoms with Crippen molar-refractivity contribution in [3.8, 4) is 0 Å². The van der Waals surface area contributed by atoms with Gasteiger partial charge in [0.2, 0.25) is 0 Å². The van der Waals surface area contributed by atoms with Crippen LogP contribution < -0.4 is 0 Å². The lowest BCUT2D eigenvalue weighted by molar-refractivity contribution is 0.275. The van der Waals surface area contributed by atoms with E-state index >= 15 is 0 Å². The van der Waals surface area contributed by atoms with Crippen LogP contribution >= 0.6 is 0 Å². The Kier molecular flexibility index (Phi) is 4.10. The number of pyridine rings is 1. The van der Waals surface area contributed by atoms with E-state index in [9.17, 15) is 12.8 Å². The summed E-state index contributed by atoms with van der Waals surface area (Å²) >= 11 is 0. The van der Waals surface area contributed by atoms with Gasteiger partial charge in [0, 0.05) is 35.9 Å². The fourth-order valence-electron chi connectivity index (χ4n) is 4.34. The highest BCUT2D eigenvalue weighted by Gasteiger charge is 2.30. The average molecular weight is 397 g/mol. The maximum atomic E-state index is 13.3. The standard InChI is InChI=1S/C21H20FN3O2S/c22-16-5-7-18(8-6-16)28(26,27)25-14-20(19-4-1-10-23-21(19)25)15-9-12-24-11-2-3-17(24)13-15/h1,4-10,14,17H,2-3,11-13H2. The van der Waals surface area contributed by atoms with Gasteiger partial charge < -0.3 is 0 Å². The monoisotopic (exact) mass is 397 g/mol. The summed E-state index contributed by atoms with van der Waals surface area (Å²) in [7, 11) is -3.87. The molecule has 5 rings (SSSR count). The van der Waals surface area contributed by atoms with Crippen molar-refractivity contribution in [2.75, 3.05) is 13.1 Å². The lowest BCUT2D eigenvalue weighted by Gasteiger charge is -2.29. The zero-order chi connectivity index (χ0) is 19.3. The summed E-state index contributed by atoms with van der Waals surface area (Å²) in [6, 6.07) is 9.16. The van der Waals surface area contributed by atoms with Crippen molar-refractivity contribution in [2.45, 2.75) is 30.2 Å². The molecule has 28 heavy (non-hydrogen) atoms. The second-order valence-electron chi connectivity index (χ2n) is 7.40. The van der Waals surface area contributed by atoms with Gasteiger partial charge in [-0.1, -0.05) is 6.08 Å². The predicted octanol–water partition coefficient (Wildman–Crippen LogP) is 3.66. The van der Waals surface area contributed by atoms with Crippen LogP contribution in [0.4, 0.5) is 4.39 Å². The molecule has 0 amide bonds. The molecule has 0 spiro atoms. The molecule has 0 bridgehead atoms. The molecule has 2 aliphatic rings. The number of rotatable bonds is 3. The third-order valence-corrected chi connectivity index (χ3v) is 7.44. The molecule has 3 aromatic rings. The van der Waals surface area contributed by atoms with Gasteiger partial charge in [-0.2, -0.15) is 0 Å². The van der Waals surface area contributed by atoms with Gasteiger partial charge in [0.15, 0.2) is 5.65 Å². The number of fused-ring (bicyclic) bond motifs is 2.